The third-order valence-corrected chi connectivity index (χ3v) is 5.88. The summed E-state index contributed by atoms with van der Waals surface area (Å²) in [4.78, 5) is 5.59. The van der Waals surface area contributed by atoms with Crippen LogP contribution in [0.25, 0.3) is 6.08 Å². The van der Waals surface area contributed by atoms with Gasteiger partial charge in [0, 0.05) is 22.5 Å². The van der Waals surface area contributed by atoms with Gasteiger partial charge >= 0.3 is 0 Å². The SMILES string of the molecule is C=CC=Cc1cnc(SCc2cc(C)n(Cc3ccc(C)cc3)n2)s1. The number of rotatable bonds is 7. The van der Waals surface area contributed by atoms with Gasteiger partial charge in [0.2, 0.25) is 0 Å². The number of hydrogen-bond acceptors (Lipinski definition) is 4. The molecule has 3 rings (SSSR count). The second-order valence-corrected chi connectivity index (χ2v) is 8.12. The van der Waals surface area contributed by atoms with E-state index in [0.29, 0.717) is 0 Å². The second-order valence-electron chi connectivity index (χ2n) is 5.83. The Morgan fingerprint density at radius 2 is 2.04 bits per heavy atom. The van der Waals surface area contributed by atoms with Crippen LogP contribution in [-0.2, 0) is 12.3 Å². The van der Waals surface area contributed by atoms with Gasteiger partial charge in [-0.2, -0.15) is 5.10 Å². The highest BCUT2D eigenvalue weighted by molar-refractivity contribution is 8.00. The number of benzene rings is 1. The van der Waals surface area contributed by atoms with Crippen LogP contribution in [0.3, 0.4) is 0 Å². The molecule has 0 aliphatic rings. The monoisotopic (exact) mass is 367 g/mol. The van der Waals surface area contributed by atoms with E-state index in [4.69, 9.17) is 5.10 Å². The molecule has 0 spiro atoms. The van der Waals surface area contributed by atoms with Crippen molar-refractivity contribution in [2.75, 3.05) is 0 Å². The van der Waals surface area contributed by atoms with Gasteiger partial charge in [-0.25, -0.2) is 4.98 Å². The lowest BCUT2D eigenvalue weighted by atomic mass is 10.1. The number of aryl methyl sites for hydroxylation is 2. The van der Waals surface area contributed by atoms with Gasteiger partial charge in [0.15, 0.2) is 4.34 Å². The van der Waals surface area contributed by atoms with E-state index in [2.05, 4.69) is 60.4 Å². The molecule has 2 heterocycles. The molecule has 0 N–H and O–H groups in total. The van der Waals surface area contributed by atoms with E-state index in [0.717, 1.165) is 27.2 Å². The van der Waals surface area contributed by atoms with E-state index in [-0.39, 0.29) is 0 Å². The predicted octanol–water partition coefficient (Wildman–Crippen LogP) is 5.50. The maximum Gasteiger partial charge on any atom is 0.150 e. The van der Waals surface area contributed by atoms with Crippen LogP contribution >= 0.6 is 23.1 Å². The minimum absolute atomic E-state index is 0.810. The first kappa shape index (κ1) is 17.7. The average molecular weight is 368 g/mol. The molecule has 3 aromatic rings. The van der Waals surface area contributed by atoms with Gasteiger partial charge in [-0.05, 0) is 31.6 Å². The second kappa shape index (κ2) is 8.32. The lowest BCUT2D eigenvalue weighted by Crippen LogP contribution is -2.04. The number of nitrogens with zero attached hydrogens (tertiary/aromatic N) is 3. The molecule has 0 amide bonds. The summed E-state index contributed by atoms with van der Waals surface area (Å²) in [6, 6.07) is 10.8. The van der Waals surface area contributed by atoms with E-state index in [1.165, 1.54) is 16.8 Å². The topological polar surface area (TPSA) is 30.7 Å². The molecule has 128 valence electrons. The number of aromatic nitrogens is 3. The number of thioether (sulfide) groups is 1. The maximum absolute atomic E-state index is 4.74. The Bertz CT molecular complexity index is 873. The first-order chi connectivity index (χ1) is 12.1. The standard InChI is InChI=1S/C20H21N3S2/c1-4-5-6-19-12-21-20(25-19)24-14-18-11-16(3)23(22-18)13-17-9-7-15(2)8-10-17/h4-12H,1,13-14H2,2-3H3. The average Bonchev–Trinajstić information content (AvgIpc) is 3.20. The molecule has 3 nitrogen and oxygen atoms in total. The van der Waals surface area contributed by atoms with Crippen molar-refractivity contribution in [1.29, 1.82) is 0 Å². The Morgan fingerprint density at radius 3 is 2.80 bits per heavy atom. The Balaban J connectivity index is 1.62. The Morgan fingerprint density at radius 1 is 1.24 bits per heavy atom. The van der Waals surface area contributed by atoms with Crippen molar-refractivity contribution in [3.63, 3.8) is 0 Å². The van der Waals surface area contributed by atoms with E-state index in [1.807, 2.05) is 18.3 Å². The van der Waals surface area contributed by atoms with Gasteiger partial charge in [-0.3, -0.25) is 4.68 Å². The fourth-order valence-electron chi connectivity index (χ4n) is 2.39. The van der Waals surface area contributed by atoms with Crippen LogP contribution in [0.15, 0.2) is 59.6 Å². The summed E-state index contributed by atoms with van der Waals surface area (Å²) in [5, 5.41) is 4.74. The quantitative estimate of drug-likeness (QED) is 0.408. The van der Waals surface area contributed by atoms with Gasteiger partial charge in [0.1, 0.15) is 0 Å². The van der Waals surface area contributed by atoms with Gasteiger partial charge < -0.3 is 0 Å². The van der Waals surface area contributed by atoms with Gasteiger partial charge in [-0.1, -0.05) is 60.3 Å². The molecule has 0 fully saturated rings. The van der Waals surface area contributed by atoms with Crippen LogP contribution in [0.4, 0.5) is 0 Å². The molecular weight excluding hydrogens is 346 g/mol. The lowest BCUT2D eigenvalue weighted by molar-refractivity contribution is 0.658. The summed E-state index contributed by atoms with van der Waals surface area (Å²) in [6.07, 6.45) is 7.62. The molecule has 0 aliphatic carbocycles. The van der Waals surface area contributed by atoms with Crippen LogP contribution < -0.4 is 0 Å². The smallest absolute Gasteiger partial charge is 0.150 e. The third-order valence-electron chi connectivity index (χ3n) is 3.73. The molecule has 0 unspecified atom stereocenters. The molecular formula is C20H21N3S2. The summed E-state index contributed by atoms with van der Waals surface area (Å²) in [5.41, 5.74) is 4.83. The van der Waals surface area contributed by atoms with Crippen molar-refractivity contribution < 1.29 is 0 Å². The summed E-state index contributed by atoms with van der Waals surface area (Å²) >= 11 is 3.42. The number of hydrogen-bond donors (Lipinski definition) is 0. The van der Waals surface area contributed by atoms with Gasteiger partial charge in [0.05, 0.1) is 12.2 Å². The van der Waals surface area contributed by atoms with Crippen molar-refractivity contribution in [3.05, 3.63) is 82.7 Å². The van der Waals surface area contributed by atoms with Crippen LogP contribution in [0, 0.1) is 13.8 Å². The Labute approximate surface area is 157 Å². The van der Waals surface area contributed by atoms with E-state index < -0.39 is 0 Å². The Hall–Kier alpha value is -2.11. The lowest BCUT2D eigenvalue weighted by Gasteiger charge is -2.05. The van der Waals surface area contributed by atoms with E-state index in [9.17, 15) is 0 Å². The minimum atomic E-state index is 0.810. The summed E-state index contributed by atoms with van der Waals surface area (Å²) in [5.74, 6) is 0.833. The molecule has 25 heavy (non-hydrogen) atoms. The zero-order chi connectivity index (χ0) is 17.6. The largest absolute Gasteiger partial charge is 0.265 e. The molecule has 5 heteroatoms. The fourth-order valence-corrected chi connectivity index (χ4v) is 4.19. The highest BCUT2D eigenvalue weighted by Gasteiger charge is 2.07. The maximum atomic E-state index is 4.74. The predicted molar refractivity (Wildman–Crippen MR) is 108 cm³/mol. The van der Waals surface area contributed by atoms with Crippen molar-refractivity contribution in [2.45, 2.75) is 30.5 Å². The first-order valence-corrected chi connectivity index (χ1v) is 9.91. The van der Waals surface area contributed by atoms with Crippen molar-refractivity contribution in [2.24, 2.45) is 0 Å². The summed E-state index contributed by atoms with van der Waals surface area (Å²) < 4.78 is 3.13. The van der Waals surface area contributed by atoms with Crippen LogP contribution in [0.1, 0.15) is 27.4 Å². The molecule has 0 saturated carbocycles. The van der Waals surface area contributed by atoms with E-state index in [1.54, 1.807) is 29.2 Å². The minimum Gasteiger partial charge on any atom is -0.265 e. The van der Waals surface area contributed by atoms with Crippen molar-refractivity contribution in [1.82, 2.24) is 14.8 Å². The molecule has 0 bridgehead atoms. The van der Waals surface area contributed by atoms with Gasteiger partial charge in [-0.15, -0.1) is 11.3 Å². The molecule has 2 aromatic heterocycles. The fraction of sp³-hybridized carbons (Fsp3) is 0.200. The zero-order valence-corrected chi connectivity index (χ0v) is 16.1. The van der Waals surface area contributed by atoms with Crippen LogP contribution in [0.5, 0.6) is 0 Å². The van der Waals surface area contributed by atoms with Gasteiger partial charge in [0.25, 0.3) is 0 Å². The molecule has 0 atom stereocenters. The van der Waals surface area contributed by atoms with Crippen molar-refractivity contribution >= 4 is 29.2 Å². The molecule has 0 saturated heterocycles. The zero-order valence-electron chi connectivity index (χ0n) is 14.5. The van der Waals surface area contributed by atoms with E-state index >= 15 is 0 Å². The highest BCUT2D eigenvalue weighted by atomic mass is 32.2. The normalized spacial score (nSPS) is 11.3. The Kier molecular flexibility index (Phi) is 5.89. The van der Waals surface area contributed by atoms with Crippen molar-refractivity contribution in [3.8, 4) is 0 Å². The first-order valence-electron chi connectivity index (χ1n) is 8.10. The molecule has 0 aliphatic heterocycles. The molecule has 0 radical (unpaired) electrons. The number of thiazole rings is 1. The van der Waals surface area contributed by atoms with Crippen LogP contribution in [-0.4, -0.2) is 14.8 Å². The summed E-state index contributed by atoms with van der Waals surface area (Å²) in [7, 11) is 0. The van der Waals surface area contributed by atoms with Crippen LogP contribution in [0.2, 0.25) is 0 Å². The summed E-state index contributed by atoms with van der Waals surface area (Å²) in [6.45, 7) is 8.71. The highest BCUT2D eigenvalue weighted by Crippen LogP contribution is 2.28. The molecule has 1 aromatic carbocycles. The third kappa shape index (κ3) is 4.94. The number of allylic oxidation sites excluding steroid dienone is 2.